The van der Waals surface area contributed by atoms with Crippen molar-refractivity contribution in [1.29, 1.82) is 0 Å². The number of hydrogen-bond acceptors (Lipinski definition) is 4. The quantitative estimate of drug-likeness (QED) is 0.775. The van der Waals surface area contributed by atoms with E-state index in [4.69, 9.17) is 4.74 Å². The Balaban J connectivity index is 0.00000132. The van der Waals surface area contributed by atoms with E-state index in [-0.39, 0.29) is 42.9 Å². The minimum Gasteiger partial charge on any atom is -0.368 e. The molecule has 2 N–H and O–H groups in total. The minimum atomic E-state index is -0.351. The summed E-state index contributed by atoms with van der Waals surface area (Å²) in [5, 5.41) is 6.29. The summed E-state index contributed by atoms with van der Waals surface area (Å²) in [6.45, 7) is 3.83. The normalized spacial score (nSPS) is 23.6. The third-order valence-corrected chi connectivity index (χ3v) is 4.62. The van der Waals surface area contributed by atoms with Gasteiger partial charge in [0.1, 0.15) is 6.10 Å². The molecule has 2 aliphatic rings. The topological polar surface area (TPSA) is 53.6 Å². The highest BCUT2D eigenvalue weighted by Gasteiger charge is 2.28. The largest absolute Gasteiger partial charge is 0.368 e. The Morgan fingerprint density at radius 2 is 2.13 bits per heavy atom. The van der Waals surface area contributed by atoms with Crippen LogP contribution < -0.4 is 15.5 Å². The van der Waals surface area contributed by atoms with E-state index in [1.165, 1.54) is 5.69 Å². The number of nitrogens with one attached hydrogen (secondary N) is 2. The maximum absolute atomic E-state index is 12.2. The number of para-hydroxylation sites is 1. The number of nitrogens with zero attached hydrogens (tertiary/aromatic N) is 1. The van der Waals surface area contributed by atoms with E-state index in [1.807, 2.05) is 18.2 Å². The standard InChI is InChI=1S/C15H20BrN3O2.2ClH/c16-12-3-1-2-4-13(12)19-7-5-11(10-19)18-15(20)14-9-17-6-8-21-14;;/h1-4,11,14,17H,5-10H2,(H,18,20);2*1H. The molecule has 2 unspecified atom stereocenters. The Morgan fingerprint density at radius 3 is 2.83 bits per heavy atom. The summed E-state index contributed by atoms with van der Waals surface area (Å²) in [6.07, 6.45) is 0.615. The molecule has 23 heavy (non-hydrogen) atoms. The van der Waals surface area contributed by atoms with E-state index in [1.54, 1.807) is 0 Å². The van der Waals surface area contributed by atoms with Crippen LogP contribution in [0.3, 0.4) is 0 Å². The lowest BCUT2D eigenvalue weighted by Crippen LogP contribution is -2.50. The number of carbonyl (C=O) groups is 1. The molecule has 2 saturated heterocycles. The number of ether oxygens (including phenoxy) is 1. The van der Waals surface area contributed by atoms with Gasteiger partial charge in [-0.15, -0.1) is 24.8 Å². The van der Waals surface area contributed by atoms with Crippen molar-refractivity contribution in [2.45, 2.75) is 18.6 Å². The molecule has 1 aromatic carbocycles. The molecular formula is C15H22BrCl2N3O2. The van der Waals surface area contributed by atoms with Gasteiger partial charge in [-0.25, -0.2) is 0 Å². The number of amides is 1. The van der Waals surface area contributed by atoms with Crippen LogP contribution in [0.1, 0.15) is 6.42 Å². The van der Waals surface area contributed by atoms with Gasteiger partial charge in [0.25, 0.3) is 5.91 Å². The fraction of sp³-hybridized carbons (Fsp3) is 0.533. The fourth-order valence-electron chi connectivity index (χ4n) is 2.83. The van der Waals surface area contributed by atoms with Crippen LogP contribution in [0.2, 0.25) is 0 Å². The zero-order valence-electron chi connectivity index (χ0n) is 12.7. The first-order valence-electron chi connectivity index (χ1n) is 7.36. The molecule has 130 valence electrons. The third kappa shape index (κ3) is 5.22. The number of benzene rings is 1. The van der Waals surface area contributed by atoms with Crippen molar-refractivity contribution in [1.82, 2.24) is 10.6 Å². The predicted molar refractivity (Wildman–Crippen MR) is 100 cm³/mol. The highest BCUT2D eigenvalue weighted by molar-refractivity contribution is 9.10. The molecule has 2 aliphatic heterocycles. The average molecular weight is 427 g/mol. The van der Waals surface area contributed by atoms with Crippen LogP contribution in [0.25, 0.3) is 0 Å². The second kappa shape index (κ2) is 9.69. The molecule has 0 saturated carbocycles. The molecular weight excluding hydrogens is 405 g/mol. The van der Waals surface area contributed by atoms with Gasteiger partial charge in [-0.2, -0.15) is 0 Å². The molecule has 8 heteroatoms. The maximum atomic E-state index is 12.2. The number of anilines is 1. The van der Waals surface area contributed by atoms with Gasteiger partial charge in [0, 0.05) is 36.7 Å². The van der Waals surface area contributed by atoms with Gasteiger partial charge in [0.15, 0.2) is 0 Å². The summed E-state index contributed by atoms with van der Waals surface area (Å²) < 4.78 is 6.58. The van der Waals surface area contributed by atoms with E-state index in [9.17, 15) is 4.79 Å². The molecule has 2 atom stereocenters. The van der Waals surface area contributed by atoms with Crippen LogP contribution in [0, 0.1) is 0 Å². The summed E-state index contributed by atoms with van der Waals surface area (Å²) in [4.78, 5) is 14.5. The Morgan fingerprint density at radius 1 is 1.35 bits per heavy atom. The minimum absolute atomic E-state index is 0. The maximum Gasteiger partial charge on any atom is 0.250 e. The van der Waals surface area contributed by atoms with E-state index < -0.39 is 0 Å². The van der Waals surface area contributed by atoms with E-state index in [0.29, 0.717) is 13.2 Å². The molecule has 3 rings (SSSR count). The van der Waals surface area contributed by atoms with Crippen molar-refractivity contribution in [3.8, 4) is 0 Å². The zero-order valence-corrected chi connectivity index (χ0v) is 15.9. The number of halogens is 3. The summed E-state index contributed by atoms with van der Waals surface area (Å²) in [7, 11) is 0. The third-order valence-electron chi connectivity index (χ3n) is 3.95. The van der Waals surface area contributed by atoms with Gasteiger partial charge in [-0.1, -0.05) is 12.1 Å². The first-order chi connectivity index (χ1) is 10.2. The van der Waals surface area contributed by atoms with Gasteiger partial charge in [0.2, 0.25) is 0 Å². The Kier molecular flexibility index (Phi) is 8.64. The Labute approximate surface area is 157 Å². The van der Waals surface area contributed by atoms with Crippen molar-refractivity contribution in [2.75, 3.05) is 37.7 Å². The highest BCUT2D eigenvalue weighted by Crippen LogP contribution is 2.28. The SMILES string of the molecule is Cl.Cl.O=C(NC1CCN(c2ccccc2Br)C1)C1CNCCO1. The van der Waals surface area contributed by atoms with Gasteiger partial charge in [-0.3, -0.25) is 4.79 Å². The molecule has 2 heterocycles. The molecule has 5 nitrogen and oxygen atoms in total. The smallest absolute Gasteiger partial charge is 0.250 e. The molecule has 1 aromatic rings. The summed E-state index contributed by atoms with van der Waals surface area (Å²) in [5.41, 5.74) is 1.19. The van der Waals surface area contributed by atoms with Gasteiger partial charge in [-0.05, 0) is 34.5 Å². The molecule has 0 aromatic heterocycles. The van der Waals surface area contributed by atoms with E-state index in [0.717, 1.165) is 30.5 Å². The van der Waals surface area contributed by atoms with Crippen LogP contribution in [0.5, 0.6) is 0 Å². The van der Waals surface area contributed by atoms with Gasteiger partial charge < -0.3 is 20.3 Å². The van der Waals surface area contributed by atoms with Crippen molar-refractivity contribution in [2.24, 2.45) is 0 Å². The molecule has 0 radical (unpaired) electrons. The molecule has 0 aliphatic carbocycles. The van der Waals surface area contributed by atoms with Crippen LogP contribution in [-0.4, -0.2) is 50.8 Å². The zero-order chi connectivity index (χ0) is 14.7. The van der Waals surface area contributed by atoms with Crippen LogP contribution >= 0.6 is 40.7 Å². The number of rotatable bonds is 3. The van der Waals surface area contributed by atoms with Crippen molar-refractivity contribution >= 4 is 52.3 Å². The van der Waals surface area contributed by atoms with Crippen molar-refractivity contribution in [3.05, 3.63) is 28.7 Å². The number of hydrogen-bond donors (Lipinski definition) is 2. The second-order valence-corrected chi connectivity index (χ2v) is 6.31. The molecule has 0 spiro atoms. The monoisotopic (exact) mass is 425 g/mol. The number of carbonyl (C=O) groups excluding carboxylic acids is 1. The Bertz CT molecular complexity index is 515. The highest BCUT2D eigenvalue weighted by atomic mass is 79.9. The first-order valence-corrected chi connectivity index (χ1v) is 8.15. The van der Waals surface area contributed by atoms with E-state index >= 15 is 0 Å². The predicted octanol–water partition coefficient (Wildman–Crippen LogP) is 1.98. The lowest BCUT2D eigenvalue weighted by Gasteiger charge is -2.25. The molecule has 2 fully saturated rings. The second-order valence-electron chi connectivity index (χ2n) is 5.46. The fourth-order valence-corrected chi connectivity index (χ4v) is 3.37. The molecule has 0 bridgehead atoms. The lowest BCUT2D eigenvalue weighted by molar-refractivity contribution is -0.134. The van der Waals surface area contributed by atoms with Crippen LogP contribution in [0.4, 0.5) is 5.69 Å². The molecule has 1 amide bonds. The van der Waals surface area contributed by atoms with Crippen LogP contribution in [-0.2, 0) is 9.53 Å². The summed E-state index contributed by atoms with van der Waals surface area (Å²) >= 11 is 3.58. The van der Waals surface area contributed by atoms with Gasteiger partial charge in [0.05, 0.1) is 12.3 Å². The summed E-state index contributed by atoms with van der Waals surface area (Å²) in [6, 6.07) is 8.38. The first kappa shape index (κ1) is 20.5. The Hall–Kier alpha value is -0.530. The van der Waals surface area contributed by atoms with E-state index in [2.05, 4.69) is 37.5 Å². The lowest BCUT2D eigenvalue weighted by atomic mass is 10.2. The average Bonchev–Trinajstić information content (AvgIpc) is 2.97. The van der Waals surface area contributed by atoms with Crippen molar-refractivity contribution in [3.63, 3.8) is 0 Å². The van der Waals surface area contributed by atoms with Crippen molar-refractivity contribution < 1.29 is 9.53 Å². The van der Waals surface area contributed by atoms with Gasteiger partial charge >= 0.3 is 0 Å². The number of morpholine rings is 1. The summed E-state index contributed by atoms with van der Waals surface area (Å²) in [5.74, 6) is 0.00109. The van der Waals surface area contributed by atoms with Crippen LogP contribution in [0.15, 0.2) is 28.7 Å².